The molecule has 0 aliphatic rings. The van der Waals surface area contributed by atoms with E-state index < -0.39 is 0 Å². The van der Waals surface area contributed by atoms with Gasteiger partial charge in [0.25, 0.3) is 0 Å². The third kappa shape index (κ3) is 15.1. The van der Waals surface area contributed by atoms with E-state index >= 15 is 0 Å². The van der Waals surface area contributed by atoms with Crippen LogP contribution in [0.3, 0.4) is 0 Å². The molecule has 0 heterocycles. The molecule has 1 aromatic rings. The fraction of sp³-hybridized carbons (Fsp3) is 0.778. The number of hydrogen-bond acceptors (Lipinski definition) is 1. The molecule has 0 atom stereocenters. The van der Waals surface area contributed by atoms with Crippen LogP contribution in [0.5, 0.6) is 0 Å². The van der Waals surface area contributed by atoms with Crippen molar-refractivity contribution in [1.82, 2.24) is 5.32 Å². The number of benzene rings is 1. The van der Waals surface area contributed by atoms with Crippen LogP contribution in [0.4, 0.5) is 0 Å². The number of nitrogens with one attached hydrogen (secondary N) is 1. The average Bonchev–Trinajstić information content (AvgIpc) is 2.70. The summed E-state index contributed by atoms with van der Waals surface area (Å²) in [4.78, 5) is 0. The van der Waals surface area contributed by atoms with E-state index in [0.717, 1.165) is 0 Å². The summed E-state index contributed by atoms with van der Waals surface area (Å²) in [5, 5.41) is 3.77. The summed E-state index contributed by atoms with van der Waals surface area (Å²) in [6, 6.07) is 10.9. The quantitative estimate of drug-likeness (QED) is 0.235. The lowest BCUT2D eigenvalue weighted by atomic mass is 9.95. The summed E-state index contributed by atoms with van der Waals surface area (Å²) >= 11 is 0. The van der Waals surface area contributed by atoms with Crippen LogP contribution in [-0.2, 0) is 6.42 Å². The molecule has 28 heavy (non-hydrogen) atoms. The Morgan fingerprint density at radius 2 is 1.11 bits per heavy atom. The first kappa shape index (κ1) is 25.2. The highest BCUT2D eigenvalue weighted by Gasteiger charge is 2.15. The molecule has 1 nitrogen and oxygen atoms in total. The Morgan fingerprint density at radius 3 is 1.61 bits per heavy atom. The van der Waals surface area contributed by atoms with Gasteiger partial charge < -0.3 is 5.32 Å². The Kier molecular flexibility index (Phi) is 15.4. The van der Waals surface area contributed by atoms with E-state index in [1.165, 1.54) is 115 Å². The Morgan fingerprint density at radius 1 is 0.643 bits per heavy atom. The van der Waals surface area contributed by atoms with E-state index in [4.69, 9.17) is 0 Å². The lowest BCUT2D eigenvalue weighted by Gasteiger charge is -2.26. The molecule has 0 spiro atoms. The lowest BCUT2D eigenvalue weighted by molar-refractivity contribution is 0.357. The van der Waals surface area contributed by atoms with Crippen molar-refractivity contribution in [3.05, 3.63) is 35.9 Å². The van der Waals surface area contributed by atoms with Crippen LogP contribution in [0.15, 0.2) is 30.3 Å². The monoisotopic (exact) mass is 387 g/mol. The van der Waals surface area contributed by atoms with Crippen LogP contribution in [0.2, 0.25) is 0 Å². The van der Waals surface area contributed by atoms with Gasteiger partial charge in [-0.15, -0.1) is 0 Å². The van der Waals surface area contributed by atoms with E-state index in [1.54, 1.807) is 0 Å². The van der Waals surface area contributed by atoms with Crippen LogP contribution in [0.1, 0.15) is 123 Å². The van der Waals surface area contributed by atoms with Gasteiger partial charge in [0, 0.05) is 5.54 Å². The molecule has 0 aliphatic carbocycles. The molecule has 0 aromatic heterocycles. The maximum Gasteiger partial charge on any atom is 0.0128 e. The Balaban J connectivity index is 1.84. The van der Waals surface area contributed by atoms with Crippen molar-refractivity contribution in [1.29, 1.82) is 0 Å². The predicted molar refractivity (Wildman–Crippen MR) is 127 cm³/mol. The zero-order chi connectivity index (χ0) is 20.3. The van der Waals surface area contributed by atoms with E-state index in [9.17, 15) is 0 Å². The molecular weight excluding hydrogens is 338 g/mol. The fourth-order valence-corrected chi connectivity index (χ4v) is 3.94. The van der Waals surface area contributed by atoms with E-state index in [1.807, 2.05) is 0 Å². The number of rotatable bonds is 19. The molecule has 162 valence electrons. The minimum atomic E-state index is 0.242. The third-order valence-electron chi connectivity index (χ3n) is 6.02. The SMILES string of the molecule is CCCCCCCCCCCCCCCCNC(C)(C)CCc1ccccc1. The topological polar surface area (TPSA) is 12.0 Å². The molecule has 1 heteroatoms. The highest BCUT2D eigenvalue weighted by molar-refractivity contribution is 5.15. The molecule has 1 aromatic carbocycles. The van der Waals surface area contributed by atoms with Gasteiger partial charge in [0.2, 0.25) is 0 Å². The first-order valence-electron chi connectivity index (χ1n) is 12.4. The molecule has 0 unspecified atom stereocenters. The van der Waals surface area contributed by atoms with Crippen LogP contribution in [0.25, 0.3) is 0 Å². The highest BCUT2D eigenvalue weighted by Crippen LogP contribution is 2.15. The molecule has 0 radical (unpaired) electrons. The van der Waals surface area contributed by atoms with Crippen LogP contribution >= 0.6 is 0 Å². The molecule has 0 aliphatic heterocycles. The summed E-state index contributed by atoms with van der Waals surface area (Å²) in [7, 11) is 0. The smallest absolute Gasteiger partial charge is 0.0128 e. The van der Waals surface area contributed by atoms with Crippen molar-refractivity contribution in [3.8, 4) is 0 Å². The summed E-state index contributed by atoms with van der Waals surface area (Å²) in [6.07, 6.45) is 22.4. The summed E-state index contributed by atoms with van der Waals surface area (Å²) in [5.74, 6) is 0. The Hall–Kier alpha value is -0.820. The zero-order valence-electron chi connectivity index (χ0n) is 19.4. The van der Waals surface area contributed by atoms with E-state index in [2.05, 4.69) is 56.4 Å². The molecule has 1 rings (SSSR count). The standard InChI is InChI=1S/C27H49N/c1-4-5-6-7-8-9-10-11-12-13-14-15-16-20-25-28-27(2,3)24-23-26-21-18-17-19-22-26/h17-19,21-22,28H,4-16,20,23-25H2,1-3H3. The first-order valence-corrected chi connectivity index (χ1v) is 12.4. The summed E-state index contributed by atoms with van der Waals surface area (Å²) < 4.78 is 0. The largest absolute Gasteiger partial charge is 0.312 e. The predicted octanol–water partition coefficient (Wildman–Crippen LogP) is 8.47. The minimum absolute atomic E-state index is 0.242. The second-order valence-electron chi connectivity index (χ2n) is 9.39. The second kappa shape index (κ2) is 17.1. The number of hydrogen-bond donors (Lipinski definition) is 1. The van der Waals surface area contributed by atoms with Crippen molar-refractivity contribution >= 4 is 0 Å². The highest BCUT2D eigenvalue weighted by atomic mass is 14.9. The fourth-order valence-electron chi connectivity index (χ4n) is 3.94. The van der Waals surface area contributed by atoms with Gasteiger partial charge in [0.1, 0.15) is 0 Å². The van der Waals surface area contributed by atoms with E-state index in [0.29, 0.717) is 0 Å². The van der Waals surface area contributed by atoms with Gasteiger partial charge in [-0.3, -0.25) is 0 Å². The van der Waals surface area contributed by atoms with Crippen molar-refractivity contribution in [2.45, 2.75) is 129 Å². The number of unbranched alkanes of at least 4 members (excludes halogenated alkanes) is 13. The normalized spacial score (nSPS) is 11.8. The van der Waals surface area contributed by atoms with Crippen molar-refractivity contribution < 1.29 is 0 Å². The summed E-state index contributed by atoms with van der Waals surface area (Å²) in [6.45, 7) is 8.16. The van der Waals surface area contributed by atoms with Crippen LogP contribution in [0, 0.1) is 0 Å². The first-order chi connectivity index (χ1) is 13.6. The van der Waals surface area contributed by atoms with Gasteiger partial charge in [-0.1, -0.05) is 121 Å². The van der Waals surface area contributed by atoms with Gasteiger partial charge in [-0.25, -0.2) is 0 Å². The van der Waals surface area contributed by atoms with Gasteiger partial charge in [-0.2, -0.15) is 0 Å². The molecule has 0 saturated carbocycles. The van der Waals surface area contributed by atoms with Crippen molar-refractivity contribution in [2.24, 2.45) is 0 Å². The van der Waals surface area contributed by atoms with Gasteiger partial charge in [-0.05, 0) is 45.2 Å². The zero-order valence-corrected chi connectivity index (χ0v) is 19.4. The maximum atomic E-state index is 3.77. The van der Waals surface area contributed by atoms with Gasteiger partial charge in [0.15, 0.2) is 0 Å². The van der Waals surface area contributed by atoms with Gasteiger partial charge >= 0.3 is 0 Å². The van der Waals surface area contributed by atoms with E-state index in [-0.39, 0.29) is 5.54 Å². The molecule has 0 bridgehead atoms. The maximum absolute atomic E-state index is 3.77. The molecule has 1 N–H and O–H groups in total. The number of aryl methyl sites for hydroxylation is 1. The molecule has 0 fully saturated rings. The van der Waals surface area contributed by atoms with Crippen LogP contribution in [-0.4, -0.2) is 12.1 Å². The molecule has 0 amide bonds. The Bertz CT molecular complexity index is 437. The lowest BCUT2D eigenvalue weighted by Crippen LogP contribution is -2.40. The van der Waals surface area contributed by atoms with Crippen molar-refractivity contribution in [3.63, 3.8) is 0 Å². The third-order valence-corrected chi connectivity index (χ3v) is 6.02. The molecular formula is C27H49N. The second-order valence-corrected chi connectivity index (χ2v) is 9.39. The van der Waals surface area contributed by atoms with Crippen molar-refractivity contribution in [2.75, 3.05) is 6.54 Å². The minimum Gasteiger partial charge on any atom is -0.312 e. The Labute approximate surface area is 177 Å². The van der Waals surface area contributed by atoms with Gasteiger partial charge in [0.05, 0.1) is 0 Å². The summed E-state index contributed by atoms with van der Waals surface area (Å²) in [5.41, 5.74) is 1.70. The average molecular weight is 388 g/mol. The molecule has 0 saturated heterocycles. The van der Waals surface area contributed by atoms with Crippen LogP contribution < -0.4 is 5.32 Å².